The molecule has 1 aromatic rings. The molecule has 0 bridgehead atoms. The first kappa shape index (κ1) is 21.5. The largest absolute Gasteiger partial charge is 0.444 e. The van der Waals surface area contributed by atoms with Gasteiger partial charge in [0.1, 0.15) is 5.60 Å². The number of likely N-dealkylation sites (tertiary alicyclic amines) is 1. The maximum atomic E-state index is 12.3. The van der Waals surface area contributed by atoms with E-state index in [-0.39, 0.29) is 12.1 Å². The molecule has 0 spiro atoms. The van der Waals surface area contributed by atoms with Crippen LogP contribution in [0.3, 0.4) is 0 Å². The topological polar surface area (TPSA) is 89.8 Å². The van der Waals surface area contributed by atoms with Crippen molar-refractivity contribution in [3.63, 3.8) is 0 Å². The molecular weight excluding hydrogens is 354 g/mol. The molecule has 1 amide bonds. The molecule has 1 saturated heterocycles. The lowest BCUT2D eigenvalue weighted by Crippen LogP contribution is -2.53. The van der Waals surface area contributed by atoms with Crippen molar-refractivity contribution in [1.29, 1.82) is 5.26 Å². The fourth-order valence-corrected chi connectivity index (χ4v) is 3.01. The van der Waals surface area contributed by atoms with Crippen molar-refractivity contribution >= 4 is 12.1 Å². The van der Waals surface area contributed by atoms with E-state index in [0.29, 0.717) is 31.2 Å². The lowest BCUT2D eigenvalue weighted by molar-refractivity contribution is 0.0193. The average Bonchev–Trinajstić information content (AvgIpc) is 2.65. The van der Waals surface area contributed by atoms with E-state index in [2.05, 4.69) is 21.7 Å². The van der Waals surface area contributed by atoms with Crippen molar-refractivity contribution in [1.82, 2.24) is 15.5 Å². The predicted octanol–water partition coefficient (Wildman–Crippen LogP) is 3.01. The number of amides is 1. The molecule has 1 aliphatic heterocycles. The van der Waals surface area contributed by atoms with E-state index in [9.17, 15) is 4.79 Å². The van der Waals surface area contributed by atoms with E-state index in [0.717, 1.165) is 24.9 Å². The highest BCUT2D eigenvalue weighted by atomic mass is 16.6. The Hall–Kier alpha value is -2.75. The van der Waals surface area contributed by atoms with Gasteiger partial charge in [0, 0.05) is 25.7 Å². The highest BCUT2D eigenvalue weighted by Gasteiger charge is 2.28. The Morgan fingerprint density at radius 1 is 1.43 bits per heavy atom. The summed E-state index contributed by atoms with van der Waals surface area (Å²) >= 11 is 0. The summed E-state index contributed by atoms with van der Waals surface area (Å²) in [5.74, 6) is 0.709. The van der Waals surface area contributed by atoms with E-state index in [4.69, 9.17) is 10.00 Å². The van der Waals surface area contributed by atoms with E-state index < -0.39 is 5.60 Å². The van der Waals surface area contributed by atoms with Crippen LogP contribution in [0.1, 0.15) is 51.7 Å². The molecule has 1 atom stereocenters. The second-order valence-electron chi connectivity index (χ2n) is 7.92. The molecule has 7 heteroatoms. The number of ether oxygens (including phenoxy) is 1. The first-order valence-electron chi connectivity index (χ1n) is 9.82. The van der Waals surface area contributed by atoms with Gasteiger partial charge in [-0.15, -0.1) is 0 Å². The van der Waals surface area contributed by atoms with E-state index >= 15 is 0 Å². The number of carbonyl (C=O) groups is 1. The van der Waals surface area contributed by atoms with Crippen molar-refractivity contribution < 1.29 is 9.53 Å². The van der Waals surface area contributed by atoms with Crippen LogP contribution >= 0.6 is 0 Å². The quantitative estimate of drug-likeness (QED) is 0.614. The molecule has 2 N–H and O–H groups in total. The summed E-state index contributed by atoms with van der Waals surface area (Å²) in [6, 6.07) is 9.71. The first-order chi connectivity index (χ1) is 13.3. The van der Waals surface area contributed by atoms with Gasteiger partial charge in [-0.25, -0.2) is 9.79 Å². The number of nitriles is 1. The third-order valence-electron chi connectivity index (χ3n) is 4.23. The Morgan fingerprint density at radius 2 is 2.21 bits per heavy atom. The van der Waals surface area contributed by atoms with Gasteiger partial charge in [0.2, 0.25) is 0 Å². The zero-order chi connectivity index (χ0) is 20.6. The molecular formula is C21H31N5O2. The summed E-state index contributed by atoms with van der Waals surface area (Å²) in [4.78, 5) is 18.7. The Labute approximate surface area is 167 Å². The minimum atomic E-state index is -0.494. The molecule has 28 heavy (non-hydrogen) atoms. The van der Waals surface area contributed by atoms with Crippen LogP contribution in [0.2, 0.25) is 0 Å². The minimum absolute atomic E-state index is 0.115. The average molecular weight is 386 g/mol. The van der Waals surface area contributed by atoms with Gasteiger partial charge in [-0.3, -0.25) is 0 Å². The molecule has 1 aliphatic rings. The van der Waals surface area contributed by atoms with Gasteiger partial charge < -0.3 is 20.3 Å². The smallest absolute Gasteiger partial charge is 0.410 e. The Kier molecular flexibility index (Phi) is 7.68. The van der Waals surface area contributed by atoms with Gasteiger partial charge in [-0.05, 0) is 58.2 Å². The van der Waals surface area contributed by atoms with Crippen LogP contribution in [0.15, 0.2) is 29.3 Å². The molecule has 0 saturated carbocycles. The van der Waals surface area contributed by atoms with E-state index in [1.165, 1.54) is 0 Å². The van der Waals surface area contributed by atoms with Crippen molar-refractivity contribution in [2.75, 3.05) is 19.6 Å². The van der Waals surface area contributed by atoms with Gasteiger partial charge in [0.15, 0.2) is 5.96 Å². The maximum Gasteiger partial charge on any atom is 0.410 e. The zero-order valence-corrected chi connectivity index (χ0v) is 17.3. The normalized spacial score (nSPS) is 17.6. The van der Waals surface area contributed by atoms with Gasteiger partial charge in [-0.2, -0.15) is 5.26 Å². The van der Waals surface area contributed by atoms with Crippen molar-refractivity contribution in [3.05, 3.63) is 35.4 Å². The molecule has 0 aromatic heterocycles. The second kappa shape index (κ2) is 9.98. The molecule has 152 valence electrons. The van der Waals surface area contributed by atoms with Crippen LogP contribution in [0.5, 0.6) is 0 Å². The fourth-order valence-electron chi connectivity index (χ4n) is 3.01. The summed E-state index contributed by atoms with van der Waals surface area (Å²) in [6.07, 6.45) is 1.61. The number of hydrogen-bond donors (Lipinski definition) is 2. The molecule has 1 fully saturated rings. The number of carbonyl (C=O) groups excluding carboxylic acids is 1. The van der Waals surface area contributed by atoms with Crippen LogP contribution in [0.4, 0.5) is 4.79 Å². The standard InChI is InChI=1S/C21H31N5O2/c1-5-23-19(24-14-17-9-6-8-16(12-17)13-22)25-18-10-7-11-26(15-18)20(27)28-21(2,3)4/h6,8-9,12,18H,5,7,10-11,14-15H2,1-4H3,(H2,23,24,25). The molecule has 2 rings (SSSR count). The van der Waals surface area contributed by atoms with Gasteiger partial charge in [0.05, 0.1) is 18.2 Å². The van der Waals surface area contributed by atoms with E-state index in [1.807, 2.05) is 45.9 Å². The predicted molar refractivity (Wildman–Crippen MR) is 110 cm³/mol. The van der Waals surface area contributed by atoms with Crippen molar-refractivity contribution in [2.45, 2.75) is 58.7 Å². The highest BCUT2D eigenvalue weighted by Crippen LogP contribution is 2.15. The first-order valence-corrected chi connectivity index (χ1v) is 9.82. The summed E-state index contributed by atoms with van der Waals surface area (Å²) in [7, 11) is 0. The monoisotopic (exact) mass is 385 g/mol. The van der Waals surface area contributed by atoms with Crippen LogP contribution < -0.4 is 10.6 Å². The highest BCUT2D eigenvalue weighted by molar-refractivity contribution is 5.80. The number of hydrogen-bond acceptors (Lipinski definition) is 4. The fraction of sp³-hybridized carbons (Fsp3) is 0.571. The summed E-state index contributed by atoms with van der Waals surface area (Å²) < 4.78 is 5.49. The van der Waals surface area contributed by atoms with Crippen molar-refractivity contribution in [3.8, 4) is 6.07 Å². The third kappa shape index (κ3) is 7.10. The zero-order valence-electron chi connectivity index (χ0n) is 17.3. The maximum absolute atomic E-state index is 12.3. The summed E-state index contributed by atoms with van der Waals surface area (Å²) in [6.45, 7) is 10.2. The van der Waals surface area contributed by atoms with E-state index in [1.54, 1.807) is 11.0 Å². The number of aliphatic imine (C=N–C) groups is 1. The third-order valence-corrected chi connectivity index (χ3v) is 4.23. The van der Waals surface area contributed by atoms with Gasteiger partial charge >= 0.3 is 6.09 Å². The second-order valence-corrected chi connectivity index (χ2v) is 7.92. The minimum Gasteiger partial charge on any atom is -0.444 e. The van der Waals surface area contributed by atoms with Crippen LogP contribution in [0.25, 0.3) is 0 Å². The van der Waals surface area contributed by atoms with Crippen LogP contribution in [-0.2, 0) is 11.3 Å². The molecule has 1 heterocycles. The summed E-state index contributed by atoms with van der Waals surface area (Å²) in [5.41, 5.74) is 1.12. The van der Waals surface area contributed by atoms with Crippen LogP contribution in [0, 0.1) is 11.3 Å². The number of nitrogens with zero attached hydrogens (tertiary/aromatic N) is 3. The number of rotatable bonds is 4. The SMILES string of the molecule is CCNC(=NCc1cccc(C#N)c1)NC1CCCN(C(=O)OC(C)(C)C)C1. The Morgan fingerprint density at radius 3 is 2.89 bits per heavy atom. The van der Waals surface area contributed by atoms with Crippen molar-refractivity contribution in [2.24, 2.45) is 4.99 Å². The molecule has 1 aromatic carbocycles. The van der Waals surface area contributed by atoms with Gasteiger partial charge in [-0.1, -0.05) is 12.1 Å². The van der Waals surface area contributed by atoms with Crippen LogP contribution in [-0.4, -0.2) is 48.2 Å². The number of piperidine rings is 1. The summed E-state index contributed by atoms with van der Waals surface area (Å²) in [5, 5.41) is 15.7. The molecule has 0 radical (unpaired) electrons. The Balaban J connectivity index is 1.98. The van der Waals surface area contributed by atoms with Gasteiger partial charge in [0.25, 0.3) is 0 Å². The number of benzene rings is 1. The Bertz CT molecular complexity index is 733. The number of guanidine groups is 1. The number of nitrogens with one attached hydrogen (secondary N) is 2. The molecule has 7 nitrogen and oxygen atoms in total. The lowest BCUT2D eigenvalue weighted by atomic mass is 10.1. The lowest BCUT2D eigenvalue weighted by Gasteiger charge is -2.35. The molecule has 1 unspecified atom stereocenters. The molecule has 0 aliphatic carbocycles.